The molecule has 0 saturated heterocycles. The minimum Gasteiger partial charge on any atom is -0.480 e. The Bertz CT molecular complexity index is 848. The van der Waals surface area contributed by atoms with Crippen LogP contribution >= 0.6 is 24.2 Å². The van der Waals surface area contributed by atoms with Crippen molar-refractivity contribution < 1.29 is 14.3 Å². The first-order chi connectivity index (χ1) is 11.1. The van der Waals surface area contributed by atoms with Crippen molar-refractivity contribution in [3.8, 4) is 22.6 Å². The predicted octanol–water partition coefficient (Wildman–Crippen LogP) is 4.72. The molecule has 0 saturated carbocycles. The minimum absolute atomic E-state index is 0.0367. The number of halogens is 1. The number of carboxylic acids is 1. The molecule has 0 spiro atoms. The van der Waals surface area contributed by atoms with Crippen molar-refractivity contribution in [2.24, 2.45) is 0 Å². The molecule has 1 unspecified atom stereocenters. The number of carboxylic acid groups (broad SMARTS) is 1. The van der Waals surface area contributed by atoms with Gasteiger partial charge >= 0.3 is 5.97 Å². The third-order valence-electron chi connectivity index (χ3n) is 3.25. The number of thiol groups is 1. The summed E-state index contributed by atoms with van der Waals surface area (Å²) in [6.45, 7) is 0. The van der Waals surface area contributed by atoms with Crippen molar-refractivity contribution in [1.82, 2.24) is 4.98 Å². The first kappa shape index (κ1) is 15.6. The van der Waals surface area contributed by atoms with E-state index >= 15 is 0 Å². The van der Waals surface area contributed by atoms with E-state index in [1.165, 1.54) is 0 Å². The Labute approximate surface area is 143 Å². The van der Waals surface area contributed by atoms with Crippen molar-refractivity contribution in [3.05, 3.63) is 65.5 Å². The van der Waals surface area contributed by atoms with Crippen LogP contribution in [0.3, 0.4) is 0 Å². The predicted molar refractivity (Wildman–Crippen MR) is 91.7 cm³/mol. The van der Waals surface area contributed by atoms with Crippen LogP contribution in [0.1, 0.15) is 11.1 Å². The van der Waals surface area contributed by atoms with E-state index in [0.717, 1.165) is 11.1 Å². The average molecular weight is 346 g/mol. The summed E-state index contributed by atoms with van der Waals surface area (Å²) in [5.74, 6) is -0.615. The van der Waals surface area contributed by atoms with Gasteiger partial charge in [0.2, 0.25) is 5.89 Å². The van der Waals surface area contributed by atoms with Crippen LogP contribution in [-0.2, 0) is 4.79 Å². The SMILES string of the molecule is O=C(O)C(S)c1nc(-c2ccccc2)c(-c2cccc(Cl)c2)o1. The van der Waals surface area contributed by atoms with Crippen molar-refractivity contribution >= 4 is 30.2 Å². The van der Waals surface area contributed by atoms with Crippen LogP contribution in [-0.4, -0.2) is 16.1 Å². The van der Waals surface area contributed by atoms with Gasteiger partial charge in [-0.2, -0.15) is 12.6 Å². The molecule has 1 aromatic heterocycles. The Morgan fingerprint density at radius 2 is 1.83 bits per heavy atom. The zero-order valence-electron chi connectivity index (χ0n) is 11.8. The lowest BCUT2D eigenvalue weighted by molar-refractivity contribution is -0.136. The van der Waals surface area contributed by atoms with Crippen LogP contribution in [0.4, 0.5) is 0 Å². The third-order valence-corrected chi connectivity index (χ3v) is 3.92. The summed E-state index contributed by atoms with van der Waals surface area (Å²) in [6, 6.07) is 16.5. The van der Waals surface area contributed by atoms with E-state index in [1.807, 2.05) is 36.4 Å². The number of benzene rings is 2. The second-order valence-electron chi connectivity index (χ2n) is 4.85. The Morgan fingerprint density at radius 1 is 1.13 bits per heavy atom. The van der Waals surface area contributed by atoms with Gasteiger partial charge in [0.25, 0.3) is 0 Å². The summed E-state index contributed by atoms with van der Waals surface area (Å²) in [5.41, 5.74) is 2.10. The number of oxazole rings is 1. The van der Waals surface area contributed by atoms with Gasteiger partial charge in [-0.1, -0.05) is 54.1 Å². The highest BCUT2D eigenvalue weighted by Crippen LogP contribution is 2.36. The summed E-state index contributed by atoms with van der Waals surface area (Å²) in [5, 5.41) is 8.55. The lowest BCUT2D eigenvalue weighted by atomic mass is 10.1. The van der Waals surface area contributed by atoms with Gasteiger partial charge in [0.1, 0.15) is 5.69 Å². The molecule has 4 nitrogen and oxygen atoms in total. The number of aromatic nitrogens is 1. The molecule has 0 fully saturated rings. The first-order valence-corrected chi connectivity index (χ1v) is 7.68. The van der Waals surface area contributed by atoms with Gasteiger partial charge in [0.05, 0.1) is 0 Å². The van der Waals surface area contributed by atoms with Gasteiger partial charge in [0.15, 0.2) is 11.0 Å². The van der Waals surface area contributed by atoms with Gasteiger partial charge in [-0.05, 0) is 12.1 Å². The fraction of sp³-hybridized carbons (Fsp3) is 0.0588. The van der Waals surface area contributed by atoms with Crippen LogP contribution in [0.15, 0.2) is 59.0 Å². The van der Waals surface area contributed by atoms with Gasteiger partial charge < -0.3 is 9.52 Å². The number of hydrogen-bond donors (Lipinski definition) is 2. The van der Waals surface area contributed by atoms with Crippen LogP contribution in [0, 0.1) is 0 Å². The van der Waals surface area contributed by atoms with Crippen LogP contribution < -0.4 is 0 Å². The molecule has 0 amide bonds. The molecule has 0 aliphatic rings. The van der Waals surface area contributed by atoms with Crippen molar-refractivity contribution in [1.29, 1.82) is 0 Å². The summed E-state index contributed by atoms with van der Waals surface area (Å²) in [6.07, 6.45) is 0. The molecule has 0 radical (unpaired) electrons. The number of rotatable bonds is 4. The quantitative estimate of drug-likeness (QED) is 0.672. The number of hydrogen-bond acceptors (Lipinski definition) is 4. The lowest BCUT2D eigenvalue weighted by Gasteiger charge is -2.02. The van der Waals surface area contributed by atoms with E-state index in [2.05, 4.69) is 17.6 Å². The van der Waals surface area contributed by atoms with E-state index < -0.39 is 11.2 Å². The number of nitrogens with zero attached hydrogens (tertiary/aromatic N) is 1. The second-order valence-corrected chi connectivity index (χ2v) is 5.80. The molecule has 2 aromatic carbocycles. The normalized spacial score (nSPS) is 12.1. The molecule has 0 aliphatic carbocycles. The zero-order valence-corrected chi connectivity index (χ0v) is 13.5. The van der Waals surface area contributed by atoms with Crippen LogP contribution in [0.5, 0.6) is 0 Å². The highest BCUT2D eigenvalue weighted by molar-refractivity contribution is 7.81. The summed E-state index contributed by atoms with van der Waals surface area (Å²) < 4.78 is 5.71. The zero-order chi connectivity index (χ0) is 16.4. The average Bonchev–Trinajstić information content (AvgIpc) is 3.00. The Balaban J connectivity index is 2.18. The second kappa shape index (κ2) is 6.48. The summed E-state index contributed by atoms with van der Waals surface area (Å²) in [4.78, 5) is 15.5. The van der Waals surface area contributed by atoms with E-state index in [-0.39, 0.29) is 5.89 Å². The van der Waals surface area contributed by atoms with Crippen molar-refractivity contribution in [2.45, 2.75) is 5.25 Å². The van der Waals surface area contributed by atoms with E-state index in [4.69, 9.17) is 21.1 Å². The summed E-state index contributed by atoms with van der Waals surface area (Å²) in [7, 11) is 0. The molecule has 6 heteroatoms. The fourth-order valence-corrected chi connectivity index (χ4v) is 2.48. The maximum Gasteiger partial charge on any atom is 0.325 e. The monoisotopic (exact) mass is 345 g/mol. The molecule has 1 N–H and O–H groups in total. The van der Waals surface area contributed by atoms with Gasteiger partial charge in [-0.3, -0.25) is 4.79 Å². The van der Waals surface area contributed by atoms with Crippen molar-refractivity contribution in [2.75, 3.05) is 0 Å². The molecule has 1 heterocycles. The lowest BCUT2D eigenvalue weighted by Crippen LogP contribution is -2.05. The maximum absolute atomic E-state index is 11.1. The molecule has 23 heavy (non-hydrogen) atoms. The van der Waals surface area contributed by atoms with Gasteiger partial charge in [-0.25, -0.2) is 4.98 Å². The molecule has 0 aliphatic heterocycles. The molecule has 3 rings (SSSR count). The molecule has 0 bridgehead atoms. The van der Waals surface area contributed by atoms with Gasteiger partial charge in [0, 0.05) is 16.1 Å². The molecular weight excluding hydrogens is 334 g/mol. The highest BCUT2D eigenvalue weighted by atomic mass is 35.5. The number of carbonyl (C=O) groups is 1. The van der Waals surface area contributed by atoms with Gasteiger partial charge in [-0.15, -0.1) is 0 Å². The van der Waals surface area contributed by atoms with Crippen LogP contribution in [0.2, 0.25) is 5.02 Å². The maximum atomic E-state index is 11.1. The molecular formula is C17H12ClNO3S. The van der Waals surface area contributed by atoms with Crippen molar-refractivity contribution in [3.63, 3.8) is 0 Å². The van der Waals surface area contributed by atoms with E-state index in [1.54, 1.807) is 18.2 Å². The Morgan fingerprint density at radius 3 is 2.48 bits per heavy atom. The first-order valence-electron chi connectivity index (χ1n) is 6.79. The highest BCUT2D eigenvalue weighted by Gasteiger charge is 2.25. The standard InChI is InChI=1S/C17H12ClNO3S/c18-12-8-4-7-11(9-12)14-13(10-5-2-1-3-6-10)19-16(22-14)15(23)17(20)21/h1-9,15,23H,(H,20,21). The molecule has 116 valence electrons. The Hall–Kier alpha value is -2.24. The van der Waals surface area contributed by atoms with E-state index in [0.29, 0.717) is 16.5 Å². The minimum atomic E-state index is -1.13. The fourth-order valence-electron chi connectivity index (χ4n) is 2.18. The topological polar surface area (TPSA) is 63.3 Å². The third kappa shape index (κ3) is 3.25. The Kier molecular flexibility index (Phi) is 4.41. The number of aliphatic carboxylic acids is 1. The molecule has 1 atom stereocenters. The summed E-state index contributed by atoms with van der Waals surface area (Å²) >= 11 is 10.1. The van der Waals surface area contributed by atoms with Crippen LogP contribution in [0.25, 0.3) is 22.6 Å². The largest absolute Gasteiger partial charge is 0.480 e. The van der Waals surface area contributed by atoms with E-state index in [9.17, 15) is 4.79 Å². The smallest absolute Gasteiger partial charge is 0.325 e. The molecule has 3 aromatic rings.